The quantitative estimate of drug-likeness (QED) is 0.594. The molecular formula is C11H13N3O5. The van der Waals surface area contributed by atoms with Gasteiger partial charge in [-0.25, -0.2) is 0 Å². The van der Waals surface area contributed by atoms with Crippen LogP contribution in [0.4, 0.5) is 5.69 Å². The van der Waals surface area contributed by atoms with E-state index in [1.807, 2.05) is 0 Å². The number of amides is 2. The van der Waals surface area contributed by atoms with Gasteiger partial charge < -0.3 is 15.3 Å². The Labute approximate surface area is 108 Å². The van der Waals surface area contributed by atoms with Gasteiger partial charge in [0.15, 0.2) is 0 Å². The summed E-state index contributed by atoms with van der Waals surface area (Å²) in [5.41, 5.74) is -0.692. The van der Waals surface area contributed by atoms with E-state index in [1.54, 1.807) is 0 Å². The number of rotatable bonds is 4. The molecule has 0 atom stereocenters. The zero-order chi connectivity index (χ0) is 14.6. The second-order valence-electron chi connectivity index (χ2n) is 3.79. The maximum absolute atomic E-state index is 12.0. The van der Waals surface area contributed by atoms with Crippen LogP contribution in [0.25, 0.3) is 0 Å². The van der Waals surface area contributed by atoms with Gasteiger partial charge in [-0.15, -0.1) is 0 Å². The number of hydrogen-bond donors (Lipinski definition) is 2. The molecular weight excluding hydrogens is 254 g/mol. The zero-order valence-electron chi connectivity index (χ0n) is 10.4. The van der Waals surface area contributed by atoms with Crippen LogP contribution in [0.5, 0.6) is 5.75 Å². The summed E-state index contributed by atoms with van der Waals surface area (Å²) in [4.78, 5) is 34.3. The molecule has 1 aromatic carbocycles. The molecule has 0 saturated carbocycles. The number of nitrogens with one attached hydrogen (secondary N) is 1. The van der Waals surface area contributed by atoms with Crippen LogP contribution in [0.3, 0.4) is 0 Å². The molecule has 8 heteroatoms. The first-order chi connectivity index (χ1) is 8.86. The van der Waals surface area contributed by atoms with Gasteiger partial charge in [-0.2, -0.15) is 0 Å². The first kappa shape index (κ1) is 14.4. The number of phenolic OH excluding ortho intramolecular Hbond substituents is 1. The summed E-state index contributed by atoms with van der Waals surface area (Å²) in [6.45, 7) is -0.234. The van der Waals surface area contributed by atoms with E-state index in [2.05, 4.69) is 5.32 Å². The number of aromatic hydroxyl groups is 1. The molecule has 2 N–H and O–H groups in total. The fourth-order valence-corrected chi connectivity index (χ4v) is 1.43. The highest BCUT2D eigenvalue weighted by Crippen LogP contribution is 2.24. The minimum absolute atomic E-state index is 0.234. The summed E-state index contributed by atoms with van der Waals surface area (Å²) in [6.07, 6.45) is 0. The van der Waals surface area contributed by atoms with Gasteiger partial charge in [0.2, 0.25) is 5.91 Å². The van der Waals surface area contributed by atoms with Crippen LogP contribution in [0, 0.1) is 10.1 Å². The predicted molar refractivity (Wildman–Crippen MR) is 65.8 cm³/mol. The largest absolute Gasteiger partial charge is 0.508 e. The van der Waals surface area contributed by atoms with E-state index in [1.165, 1.54) is 14.1 Å². The summed E-state index contributed by atoms with van der Waals surface area (Å²) in [6, 6.07) is 3.16. The average Bonchev–Trinajstić information content (AvgIpc) is 2.36. The monoisotopic (exact) mass is 267 g/mol. The van der Waals surface area contributed by atoms with Gasteiger partial charge >= 0.3 is 0 Å². The third-order valence-corrected chi connectivity index (χ3v) is 2.41. The van der Waals surface area contributed by atoms with Crippen LogP contribution in [-0.4, -0.2) is 47.4 Å². The molecule has 0 aliphatic rings. The molecule has 0 spiro atoms. The van der Waals surface area contributed by atoms with Crippen molar-refractivity contribution in [2.45, 2.75) is 0 Å². The van der Waals surface area contributed by atoms with Gasteiger partial charge in [0.1, 0.15) is 11.3 Å². The molecule has 0 bridgehead atoms. The van der Waals surface area contributed by atoms with Crippen molar-refractivity contribution < 1.29 is 19.6 Å². The maximum Gasteiger partial charge on any atom is 0.282 e. The number of phenols is 1. The summed E-state index contributed by atoms with van der Waals surface area (Å²) in [7, 11) is 2.75. The van der Waals surface area contributed by atoms with E-state index in [0.717, 1.165) is 23.1 Å². The highest BCUT2D eigenvalue weighted by Gasteiger charge is 2.24. The van der Waals surface area contributed by atoms with Crippen LogP contribution < -0.4 is 5.32 Å². The molecule has 0 aliphatic carbocycles. The van der Waals surface area contributed by atoms with E-state index in [-0.39, 0.29) is 17.9 Å². The van der Waals surface area contributed by atoms with Crippen molar-refractivity contribution >= 4 is 17.5 Å². The first-order valence-corrected chi connectivity index (χ1v) is 5.30. The Bertz CT molecular complexity index is 529. The molecule has 0 unspecified atom stereocenters. The minimum Gasteiger partial charge on any atom is -0.508 e. The van der Waals surface area contributed by atoms with Gasteiger partial charge in [-0.05, 0) is 12.1 Å². The van der Waals surface area contributed by atoms with Crippen molar-refractivity contribution in [3.8, 4) is 5.75 Å². The number of nitrogens with zero attached hydrogens (tertiary/aromatic N) is 2. The number of benzene rings is 1. The molecule has 0 fully saturated rings. The number of likely N-dealkylation sites (N-methyl/N-ethyl adjacent to an activating group) is 2. The SMILES string of the molecule is CNC(=O)CN(C)C(=O)c1cc(O)ccc1[N+](=O)[O-]. The normalized spacial score (nSPS) is 9.79. The Morgan fingerprint density at radius 3 is 2.63 bits per heavy atom. The maximum atomic E-state index is 12.0. The highest BCUT2D eigenvalue weighted by atomic mass is 16.6. The Kier molecular flexibility index (Phi) is 4.41. The minimum atomic E-state index is -0.722. The molecule has 0 saturated heterocycles. The molecule has 8 nitrogen and oxygen atoms in total. The van der Waals surface area contributed by atoms with E-state index < -0.39 is 22.4 Å². The predicted octanol–water partition coefficient (Wildman–Crippen LogP) is 0.118. The second-order valence-corrected chi connectivity index (χ2v) is 3.79. The van der Waals surface area contributed by atoms with Crippen molar-refractivity contribution in [3.63, 3.8) is 0 Å². The molecule has 0 aromatic heterocycles. The number of hydrogen-bond acceptors (Lipinski definition) is 5. The summed E-state index contributed by atoms with van der Waals surface area (Å²) < 4.78 is 0. The molecule has 0 aliphatic heterocycles. The third kappa shape index (κ3) is 3.41. The fourth-order valence-electron chi connectivity index (χ4n) is 1.43. The van der Waals surface area contributed by atoms with Crippen LogP contribution >= 0.6 is 0 Å². The van der Waals surface area contributed by atoms with Crippen LogP contribution in [0.2, 0.25) is 0 Å². The summed E-state index contributed by atoms with van der Waals surface area (Å²) in [5.74, 6) is -1.38. The molecule has 1 aromatic rings. The van der Waals surface area contributed by atoms with Gasteiger partial charge in [0.05, 0.1) is 11.5 Å². The lowest BCUT2D eigenvalue weighted by Gasteiger charge is -2.16. The Morgan fingerprint density at radius 2 is 2.11 bits per heavy atom. The molecule has 1 rings (SSSR count). The lowest BCUT2D eigenvalue weighted by Crippen LogP contribution is -2.37. The third-order valence-electron chi connectivity index (χ3n) is 2.41. The van der Waals surface area contributed by atoms with Gasteiger partial charge in [-0.3, -0.25) is 19.7 Å². The molecule has 19 heavy (non-hydrogen) atoms. The van der Waals surface area contributed by atoms with E-state index in [4.69, 9.17) is 0 Å². The first-order valence-electron chi connectivity index (χ1n) is 5.30. The smallest absolute Gasteiger partial charge is 0.282 e. The van der Waals surface area contributed by atoms with Gasteiger partial charge in [-0.1, -0.05) is 0 Å². The lowest BCUT2D eigenvalue weighted by molar-refractivity contribution is -0.385. The van der Waals surface area contributed by atoms with E-state index in [9.17, 15) is 24.8 Å². The van der Waals surface area contributed by atoms with Crippen molar-refractivity contribution in [3.05, 3.63) is 33.9 Å². The Morgan fingerprint density at radius 1 is 1.47 bits per heavy atom. The summed E-state index contributed by atoms with van der Waals surface area (Å²) >= 11 is 0. The Balaban J connectivity index is 3.07. The van der Waals surface area contributed by atoms with Crippen molar-refractivity contribution in [2.75, 3.05) is 20.6 Å². The highest BCUT2D eigenvalue weighted by molar-refractivity contribution is 6.00. The van der Waals surface area contributed by atoms with Gasteiger partial charge in [0, 0.05) is 20.2 Å². The average molecular weight is 267 g/mol. The lowest BCUT2D eigenvalue weighted by atomic mass is 10.1. The van der Waals surface area contributed by atoms with Crippen LogP contribution in [-0.2, 0) is 4.79 Å². The van der Waals surface area contributed by atoms with E-state index in [0.29, 0.717) is 0 Å². The second kappa shape index (κ2) is 5.80. The van der Waals surface area contributed by atoms with Crippen molar-refractivity contribution in [1.29, 1.82) is 0 Å². The number of carbonyl (C=O) groups excluding carboxylic acids is 2. The molecule has 0 heterocycles. The van der Waals surface area contributed by atoms with Crippen molar-refractivity contribution in [2.24, 2.45) is 0 Å². The number of nitro benzene ring substituents is 1. The fraction of sp³-hybridized carbons (Fsp3) is 0.273. The molecule has 102 valence electrons. The molecule has 2 amide bonds. The number of nitro groups is 1. The van der Waals surface area contributed by atoms with Crippen molar-refractivity contribution in [1.82, 2.24) is 10.2 Å². The topological polar surface area (TPSA) is 113 Å². The van der Waals surface area contributed by atoms with Gasteiger partial charge in [0.25, 0.3) is 11.6 Å². The zero-order valence-corrected chi connectivity index (χ0v) is 10.4. The molecule has 0 radical (unpaired) electrons. The standard InChI is InChI=1S/C11H13N3O5/c1-12-10(16)6-13(2)11(17)8-5-7(15)3-4-9(8)14(18)19/h3-5,15H,6H2,1-2H3,(H,12,16). The Hall–Kier alpha value is -2.64. The van der Waals surface area contributed by atoms with E-state index >= 15 is 0 Å². The summed E-state index contributed by atoms with van der Waals surface area (Å²) in [5, 5.41) is 22.5. The van der Waals surface area contributed by atoms with Crippen LogP contribution in [0.1, 0.15) is 10.4 Å². The van der Waals surface area contributed by atoms with Crippen LogP contribution in [0.15, 0.2) is 18.2 Å². The number of carbonyl (C=O) groups is 2.